The highest BCUT2D eigenvalue weighted by Gasteiger charge is 2.40. The van der Waals surface area contributed by atoms with Gasteiger partial charge in [-0.3, -0.25) is 9.48 Å². The third kappa shape index (κ3) is 3.52. The molecular weight excluding hydrogens is 416 g/mol. The molecule has 31 heavy (non-hydrogen) atoms. The summed E-state index contributed by atoms with van der Waals surface area (Å²) in [5, 5.41) is 8.93. The lowest BCUT2D eigenvalue weighted by Crippen LogP contribution is -2.50. The Morgan fingerprint density at radius 1 is 1.39 bits per heavy atom. The molecule has 2 unspecified atom stereocenters. The number of anilines is 3. The van der Waals surface area contributed by atoms with Crippen molar-refractivity contribution in [2.75, 3.05) is 29.9 Å². The molecule has 2 aliphatic rings. The maximum absolute atomic E-state index is 12.3. The zero-order chi connectivity index (χ0) is 21.5. The number of aryl methyl sites for hydroxylation is 1. The number of amides is 1. The van der Waals surface area contributed by atoms with Gasteiger partial charge < -0.3 is 20.1 Å². The van der Waals surface area contributed by atoms with E-state index in [0.717, 1.165) is 49.4 Å². The van der Waals surface area contributed by atoms with Crippen molar-refractivity contribution in [3.8, 4) is 0 Å². The molecule has 0 aliphatic carbocycles. The van der Waals surface area contributed by atoms with Gasteiger partial charge in [-0.15, -0.1) is 0 Å². The lowest BCUT2D eigenvalue weighted by molar-refractivity contribution is -0.127. The lowest BCUT2D eigenvalue weighted by atomic mass is 9.92. The molecule has 5 rings (SSSR count). The van der Waals surface area contributed by atoms with Gasteiger partial charge in [0.25, 0.3) is 0 Å². The molecule has 3 aromatic rings. The SMILES string of the molecule is C=CC(=O)N1CCC2CCN(c3nc(Nc4cnn(CC)c4)nc4[nH]cc(Cl)c34)CC21. The molecule has 9 nitrogen and oxygen atoms in total. The van der Waals surface area contributed by atoms with E-state index in [1.165, 1.54) is 6.08 Å². The number of halogens is 1. The first-order chi connectivity index (χ1) is 15.1. The van der Waals surface area contributed by atoms with Gasteiger partial charge in [0.05, 0.1) is 28.3 Å². The fraction of sp³-hybridized carbons (Fsp3) is 0.429. The van der Waals surface area contributed by atoms with Crippen molar-refractivity contribution < 1.29 is 4.79 Å². The molecule has 3 aromatic heterocycles. The fourth-order valence-corrected chi connectivity index (χ4v) is 4.94. The number of fused-ring (bicyclic) bond motifs is 2. The summed E-state index contributed by atoms with van der Waals surface area (Å²) in [5.41, 5.74) is 1.50. The molecule has 2 N–H and O–H groups in total. The van der Waals surface area contributed by atoms with Gasteiger partial charge in [-0.1, -0.05) is 18.2 Å². The second kappa shape index (κ2) is 7.88. The highest BCUT2D eigenvalue weighted by atomic mass is 35.5. The van der Waals surface area contributed by atoms with Gasteiger partial charge >= 0.3 is 0 Å². The van der Waals surface area contributed by atoms with Gasteiger partial charge in [-0.05, 0) is 31.8 Å². The maximum Gasteiger partial charge on any atom is 0.246 e. The monoisotopic (exact) mass is 440 g/mol. The second-order valence-corrected chi connectivity index (χ2v) is 8.43. The third-order valence-corrected chi connectivity index (χ3v) is 6.60. The number of nitrogens with one attached hydrogen (secondary N) is 2. The van der Waals surface area contributed by atoms with Crippen LogP contribution in [0.15, 0.2) is 31.2 Å². The summed E-state index contributed by atoms with van der Waals surface area (Å²) >= 11 is 6.50. The van der Waals surface area contributed by atoms with Gasteiger partial charge in [0.15, 0.2) is 0 Å². The predicted octanol–water partition coefficient (Wildman–Crippen LogP) is 3.18. The van der Waals surface area contributed by atoms with Crippen LogP contribution in [0.3, 0.4) is 0 Å². The Kier molecular flexibility index (Phi) is 5.05. The smallest absolute Gasteiger partial charge is 0.246 e. The number of aromatic nitrogens is 5. The second-order valence-electron chi connectivity index (χ2n) is 8.03. The van der Waals surface area contributed by atoms with Crippen molar-refractivity contribution in [1.29, 1.82) is 0 Å². The van der Waals surface area contributed by atoms with Crippen LogP contribution >= 0.6 is 11.6 Å². The molecule has 1 amide bonds. The summed E-state index contributed by atoms with van der Waals surface area (Å²) in [4.78, 5) is 29.1. The Morgan fingerprint density at radius 2 is 2.23 bits per heavy atom. The van der Waals surface area contributed by atoms with E-state index in [9.17, 15) is 4.79 Å². The van der Waals surface area contributed by atoms with E-state index in [4.69, 9.17) is 16.6 Å². The summed E-state index contributed by atoms with van der Waals surface area (Å²) in [6.45, 7) is 8.84. The average molecular weight is 441 g/mol. The Balaban J connectivity index is 1.48. The number of piperidine rings is 1. The molecule has 2 aliphatic heterocycles. The number of carbonyl (C=O) groups excluding carboxylic acids is 1. The molecule has 0 spiro atoms. The molecule has 2 fully saturated rings. The van der Waals surface area contributed by atoms with Crippen LogP contribution in [0, 0.1) is 5.92 Å². The number of hydrogen-bond donors (Lipinski definition) is 2. The first kappa shape index (κ1) is 19.9. The van der Waals surface area contributed by atoms with E-state index in [1.54, 1.807) is 12.4 Å². The highest BCUT2D eigenvalue weighted by molar-refractivity contribution is 6.36. The minimum atomic E-state index is -0.00264. The maximum atomic E-state index is 12.3. The number of rotatable bonds is 5. The van der Waals surface area contributed by atoms with Gasteiger partial charge in [0.2, 0.25) is 11.9 Å². The van der Waals surface area contributed by atoms with Crippen LogP contribution in [-0.4, -0.2) is 61.2 Å². The third-order valence-electron chi connectivity index (χ3n) is 6.30. The van der Waals surface area contributed by atoms with Crippen LogP contribution in [0.25, 0.3) is 11.0 Å². The van der Waals surface area contributed by atoms with Crippen molar-refractivity contribution in [2.24, 2.45) is 5.92 Å². The van der Waals surface area contributed by atoms with E-state index >= 15 is 0 Å². The largest absolute Gasteiger partial charge is 0.354 e. The number of hydrogen-bond acceptors (Lipinski definition) is 6. The van der Waals surface area contributed by atoms with Gasteiger partial charge in [0.1, 0.15) is 11.5 Å². The molecule has 0 radical (unpaired) electrons. The Morgan fingerprint density at radius 3 is 3.00 bits per heavy atom. The Hall–Kier alpha value is -3.07. The normalized spacial score (nSPS) is 20.8. The summed E-state index contributed by atoms with van der Waals surface area (Å²) in [5.74, 6) is 1.76. The minimum Gasteiger partial charge on any atom is -0.354 e. The van der Waals surface area contributed by atoms with Crippen LogP contribution in [-0.2, 0) is 11.3 Å². The van der Waals surface area contributed by atoms with E-state index in [1.807, 2.05) is 22.7 Å². The van der Waals surface area contributed by atoms with Crippen molar-refractivity contribution in [1.82, 2.24) is 29.6 Å². The summed E-state index contributed by atoms with van der Waals surface area (Å²) < 4.78 is 1.84. The molecule has 5 heterocycles. The van der Waals surface area contributed by atoms with Crippen LogP contribution < -0.4 is 10.2 Å². The van der Waals surface area contributed by atoms with Crippen molar-refractivity contribution in [2.45, 2.75) is 32.4 Å². The van der Waals surface area contributed by atoms with Gasteiger partial charge in [-0.2, -0.15) is 15.1 Å². The number of carbonyl (C=O) groups is 1. The molecule has 162 valence electrons. The van der Waals surface area contributed by atoms with Gasteiger partial charge in [-0.25, -0.2) is 0 Å². The minimum absolute atomic E-state index is 0.00264. The van der Waals surface area contributed by atoms with E-state index in [0.29, 0.717) is 29.1 Å². The number of likely N-dealkylation sites (tertiary alicyclic amines) is 1. The van der Waals surface area contributed by atoms with Crippen molar-refractivity contribution >= 4 is 46.0 Å². The molecule has 10 heteroatoms. The highest BCUT2D eigenvalue weighted by Crippen LogP contribution is 2.37. The van der Waals surface area contributed by atoms with E-state index < -0.39 is 0 Å². The summed E-state index contributed by atoms with van der Waals surface area (Å²) in [7, 11) is 0. The first-order valence-electron chi connectivity index (χ1n) is 10.6. The standard InChI is InChI=1S/C21H25ClN8O/c1-3-17(31)30-8-6-13-5-7-28(12-16(13)30)20-18-15(22)10-23-19(18)26-21(27-20)25-14-9-24-29(4-2)11-14/h3,9-11,13,16H,1,4-8,12H2,2H3,(H2,23,25,26,27). The number of H-pyrrole nitrogens is 1. The van der Waals surface area contributed by atoms with Crippen LogP contribution in [0.2, 0.25) is 5.02 Å². The van der Waals surface area contributed by atoms with Crippen LogP contribution in [0.1, 0.15) is 19.8 Å². The Labute approximate surface area is 185 Å². The average Bonchev–Trinajstić information content (AvgIpc) is 3.51. The van der Waals surface area contributed by atoms with Crippen molar-refractivity contribution in [3.63, 3.8) is 0 Å². The first-order valence-corrected chi connectivity index (χ1v) is 11.0. The van der Waals surface area contributed by atoms with Gasteiger partial charge in [0, 0.05) is 38.6 Å². The summed E-state index contributed by atoms with van der Waals surface area (Å²) in [6.07, 6.45) is 8.85. The molecule has 0 aromatic carbocycles. The lowest BCUT2D eigenvalue weighted by Gasteiger charge is -2.39. The number of nitrogens with zero attached hydrogens (tertiary/aromatic N) is 6. The molecule has 0 saturated carbocycles. The van der Waals surface area contributed by atoms with Crippen LogP contribution in [0.5, 0.6) is 0 Å². The zero-order valence-electron chi connectivity index (χ0n) is 17.4. The topological polar surface area (TPSA) is 95.0 Å². The van der Waals surface area contributed by atoms with E-state index in [2.05, 4.69) is 31.9 Å². The zero-order valence-corrected chi connectivity index (χ0v) is 18.1. The molecule has 0 bridgehead atoms. The molecular formula is C21H25ClN8O. The molecule has 2 saturated heterocycles. The predicted molar refractivity (Wildman–Crippen MR) is 121 cm³/mol. The fourth-order valence-electron chi connectivity index (χ4n) is 4.72. The number of aromatic amines is 1. The Bertz CT molecular complexity index is 1140. The summed E-state index contributed by atoms with van der Waals surface area (Å²) in [6, 6.07) is 0.154. The van der Waals surface area contributed by atoms with Crippen molar-refractivity contribution in [3.05, 3.63) is 36.3 Å². The quantitative estimate of drug-likeness (QED) is 0.591. The van der Waals surface area contributed by atoms with E-state index in [-0.39, 0.29) is 11.9 Å². The molecule has 2 atom stereocenters. The van der Waals surface area contributed by atoms with Crippen LogP contribution in [0.4, 0.5) is 17.5 Å².